The summed E-state index contributed by atoms with van der Waals surface area (Å²) in [6, 6.07) is 12.0. The van der Waals surface area contributed by atoms with E-state index in [0.29, 0.717) is 5.69 Å². The predicted molar refractivity (Wildman–Crippen MR) is 99.8 cm³/mol. The van der Waals surface area contributed by atoms with Crippen LogP contribution in [0.4, 0.5) is 0 Å². The Morgan fingerprint density at radius 3 is 3.00 bits per heavy atom. The lowest BCUT2D eigenvalue weighted by Crippen LogP contribution is -2.36. The maximum absolute atomic E-state index is 13.0. The van der Waals surface area contributed by atoms with Gasteiger partial charge in [-0.25, -0.2) is 4.98 Å². The minimum Gasteiger partial charge on any atom is -0.334 e. The number of hydrogen-bond acceptors (Lipinski definition) is 4. The number of aromatic nitrogens is 4. The number of amides is 1. The van der Waals surface area contributed by atoms with E-state index in [-0.39, 0.29) is 11.9 Å². The minimum atomic E-state index is 0.0372. The second kappa shape index (κ2) is 7.23. The van der Waals surface area contributed by atoms with Crippen molar-refractivity contribution in [2.45, 2.75) is 45.2 Å². The third-order valence-electron chi connectivity index (χ3n) is 5.19. The van der Waals surface area contributed by atoms with Gasteiger partial charge in [0.1, 0.15) is 17.8 Å². The third-order valence-corrected chi connectivity index (χ3v) is 5.19. The summed E-state index contributed by atoms with van der Waals surface area (Å²) in [6.45, 7) is 3.76. The Morgan fingerprint density at radius 1 is 1.23 bits per heavy atom. The molecule has 1 aliphatic rings. The van der Waals surface area contributed by atoms with Crippen LogP contribution in [0.1, 0.15) is 42.5 Å². The van der Waals surface area contributed by atoms with Gasteiger partial charge >= 0.3 is 0 Å². The summed E-state index contributed by atoms with van der Waals surface area (Å²) in [7, 11) is 0. The van der Waals surface area contributed by atoms with Crippen LogP contribution in [0, 0.1) is 0 Å². The van der Waals surface area contributed by atoms with Gasteiger partial charge in [-0.15, -0.1) is 10.2 Å². The first-order valence-corrected chi connectivity index (χ1v) is 9.29. The van der Waals surface area contributed by atoms with Crippen molar-refractivity contribution in [3.63, 3.8) is 0 Å². The molecule has 0 aliphatic carbocycles. The lowest BCUT2D eigenvalue weighted by Gasteiger charge is -2.24. The molecule has 3 heterocycles. The van der Waals surface area contributed by atoms with Crippen molar-refractivity contribution in [2.24, 2.45) is 0 Å². The van der Waals surface area contributed by atoms with E-state index in [4.69, 9.17) is 0 Å². The van der Waals surface area contributed by atoms with E-state index in [1.807, 2.05) is 41.3 Å². The zero-order chi connectivity index (χ0) is 17.9. The highest BCUT2D eigenvalue weighted by atomic mass is 16.2. The number of hydrogen-bond donors (Lipinski definition) is 0. The zero-order valence-electron chi connectivity index (χ0n) is 15.0. The van der Waals surface area contributed by atoms with Gasteiger partial charge in [0.05, 0.1) is 5.52 Å². The summed E-state index contributed by atoms with van der Waals surface area (Å²) in [5.41, 5.74) is 1.40. The van der Waals surface area contributed by atoms with Crippen LogP contribution in [0.2, 0.25) is 0 Å². The summed E-state index contributed by atoms with van der Waals surface area (Å²) >= 11 is 0. The molecule has 6 heteroatoms. The molecule has 0 saturated carbocycles. The van der Waals surface area contributed by atoms with Crippen molar-refractivity contribution in [1.29, 1.82) is 0 Å². The van der Waals surface area contributed by atoms with E-state index < -0.39 is 0 Å². The van der Waals surface area contributed by atoms with Crippen molar-refractivity contribution in [2.75, 3.05) is 6.54 Å². The number of benzene rings is 1. The molecule has 134 valence electrons. The maximum Gasteiger partial charge on any atom is 0.272 e. The van der Waals surface area contributed by atoms with Crippen LogP contribution < -0.4 is 0 Å². The monoisotopic (exact) mass is 349 g/mol. The van der Waals surface area contributed by atoms with Crippen LogP contribution in [0.5, 0.6) is 0 Å². The van der Waals surface area contributed by atoms with E-state index in [9.17, 15) is 4.79 Å². The molecule has 6 nitrogen and oxygen atoms in total. The molecule has 2 aromatic heterocycles. The number of carbonyl (C=O) groups is 1. The molecule has 1 aromatic carbocycles. The molecule has 0 spiro atoms. The lowest BCUT2D eigenvalue weighted by molar-refractivity contribution is 0.0724. The Morgan fingerprint density at radius 2 is 2.12 bits per heavy atom. The van der Waals surface area contributed by atoms with Crippen molar-refractivity contribution < 1.29 is 4.79 Å². The van der Waals surface area contributed by atoms with Gasteiger partial charge in [-0.3, -0.25) is 4.79 Å². The van der Waals surface area contributed by atoms with Crippen molar-refractivity contribution in [3.8, 4) is 0 Å². The first-order valence-electron chi connectivity index (χ1n) is 9.29. The van der Waals surface area contributed by atoms with Crippen LogP contribution in [-0.4, -0.2) is 43.1 Å². The van der Waals surface area contributed by atoms with E-state index in [1.165, 1.54) is 0 Å². The number of fused-ring (bicyclic) bond motifs is 1. The predicted octanol–water partition coefficient (Wildman–Crippen LogP) is 3.08. The van der Waals surface area contributed by atoms with Crippen LogP contribution in [0.25, 0.3) is 10.9 Å². The number of nitrogens with zero attached hydrogens (tertiary/aromatic N) is 5. The standard InChI is InChI=1S/C20H23N5O/c1-2-24-14-21-23-19(24)12-10-16-7-5-13-25(16)20(26)18-11-9-15-6-3-4-8-17(15)22-18/h3-4,6,8-9,11,14,16H,2,5,7,10,12-13H2,1H3. The summed E-state index contributed by atoms with van der Waals surface area (Å²) in [4.78, 5) is 19.6. The minimum absolute atomic E-state index is 0.0372. The van der Waals surface area contributed by atoms with E-state index in [2.05, 4.69) is 26.7 Å². The molecule has 1 aliphatic heterocycles. The second-order valence-electron chi connectivity index (χ2n) is 6.76. The van der Waals surface area contributed by atoms with E-state index in [0.717, 1.165) is 55.5 Å². The number of carbonyl (C=O) groups excluding carboxylic acids is 1. The quantitative estimate of drug-likeness (QED) is 0.710. The Balaban J connectivity index is 1.49. The lowest BCUT2D eigenvalue weighted by atomic mass is 10.1. The average molecular weight is 349 g/mol. The van der Waals surface area contributed by atoms with Crippen LogP contribution in [0.15, 0.2) is 42.7 Å². The number of likely N-dealkylation sites (tertiary alicyclic amines) is 1. The molecule has 0 radical (unpaired) electrons. The normalized spacial score (nSPS) is 17.1. The molecule has 0 N–H and O–H groups in total. The summed E-state index contributed by atoms with van der Waals surface area (Å²) in [5, 5.41) is 9.26. The van der Waals surface area contributed by atoms with Gasteiger partial charge in [-0.05, 0) is 38.3 Å². The molecule has 1 fully saturated rings. The van der Waals surface area contributed by atoms with Crippen LogP contribution in [-0.2, 0) is 13.0 Å². The fraction of sp³-hybridized carbons (Fsp3) is 0.400. The van der Waals surface area contributed by atoms with Crippen LogP contribution >= 0.6 is 0 Å². The molecular formula is C20H23N5O. The Kier molecular flexibility index (Phi) is 4.65. The van der Waals surface area contributed by atoms with Gasteiger partial charge in [0.2, 0.25) is 0 Å². The fourth-order valence-corrected chi connectivity index (χ4v) is 3.77. The van der Waals surface area contributed by atoms with Gasteiger partial charge in [0, 0.05) is 30.9 Å². The Labute approximate surface area is 152 Å². The number of rotatable bonds is 5. The fourth-order valence-electron chi connectivity index (χ4n) is 3.77. The second-order valence-corrected chi connectivity index (χ2v) is 6.76. The van der Waals surface area contributed by atoms with Gasteiger partial charge in [0.25, 0.3) is 5.91 Å². The molecule has 0 bridgehead atoms. The first-order chi connectivity index (χ1) is 12.8. The van der Waals surface area contributed by atoms with Gasteiger partial charge in [-0.1, -0.05) is 24.3 Å². The van der Waals surface area contributed by atoms with Gasteiger partial charge in [0.15, 0.2) is 0 Å². The Hall–Kier alpha value is -2.76. The molecule has 1 saturated heterocycles. The third kappa shape index (κ3) is 3.19. The summed E-state index contributed by atoms with van der Waals surface area (Å²) in [5.74, 6) is 1.03. The molecule has 1 unspecified atom stereocenters. The molecule has 1 atom stereocenters. The molecule has 1 amide bonds. The van der Waals surface area contributed by atoms with E-state index >= 15 is 0 Å². The number of para-hydroxylation sites is 1. The summed E-state index contributed by atoms with van der Waals surface area (Å²) in [6.07, 6.45) is 5.61. The average Bonchev–Trinajstić information content (AvgIpc) is 3.34. The van der Waals surface area contributed by atoms with Gasteiger partial charge in [-0.2, -0.15) is 0 Å². The molecule has 4 rings (SSSR count). The van der Waals surface area contributed by atoms with Crippen molar-refractivity contribution in [3.05, 3.63) is 54.2 Å². The maximum atomic E-state index is 13.0. The number of pyridine rings is 1. The van der Waals surface area contributed by atoms with Crippen molar-refractivity contribution in [1.82, 2.24) is 24.6 Å². The smallest absolute Gasteiger partial charge is 0.272 e. The molecular weight excluding hydrogens is 326 g/mol. The Bertz CT molecular complexity index is 919. The highest BCUT2D eigenvalue weighted by molar-refractivity contribution is 5.95. The van der Waals surface area contributed by atoms with Crippen molar-refractivity contribution >= 4 is 16.8 Å². The van der Waals surface area contributed by atoms with Crippen LogP contribution in [0.3, 0.4) is 0 Å². The first kappa shape index (κ1) is 16.7. The topological polar surface area (TPSA) is 63.9 Å². The number of aryl methyl sites for hydroxylation is 2. The summed E-state index contributed by atoms with van der Waals surface area (Å²) < 4.78 is 2.06. The molecule has 26 heavy (non-hydrogen) atoms. The van der Waals surface area contributed by atoms with E-state index in [1.54, 1.807) is 6.33 Å². The van der Waals surface area contributed by atoms with Gasteiger partial charge < -0.3 is 9.47 Å². The largest absolute Gasteiger partial charge is 0.334 e. The molecule has 3 aromatic rings. The zero-order valence-corrected chi connectivity index (χ0v) is 15.0. The highest BCUT2D eigenvalue weighted by Crippen LogP contribution is 2.24. The highest BCUT2D eigenvalue weighted by Gasteiger charge is 2.30. The SMILES string of the molecule is CCn1cnnc1CCC1CCCN1C(=O)c1ccc2ccccc2n1.